The average molecular weight is 246 g/mol. The van der Waals surface area contributed by atoms with Crippen LogP contribution < -0.4 is 0 Å². The summed E-state index contributed by atoms with van der Waals surface area (Å²) in [5.74, 6) is -0.313. The van der Waals surface area contributed by atoms with Crippen LogP contribution in [0.15, 0.2) is 24.3 Å². The van der Waals surface area contributed by atoms with Crippen LogP contribution in [0.25, 0.3) is 10.9 Å². The summed E-state index contributed by atoms with van der Waals surface area (Å²) in [5, 5.41) is 0.484. The number of piperidine rings is 1. The minimum absolute atomic E-state index is 0.0229. The molecule has 0 radical (unpaired) electrons. The van der Waals surface area contributed by atoms with Crippen LogP contribution in [0.3, 0.4) is 0 Å². The lowest BCUT2D eigenvalue weighted by atomic mass is 10.1. The Hall–Kier alpha value is -1.84. The molecule has 0 spiro atoms. The fraction of sp³-hybridized carbons (Fsp3) is 0.357. The van der Waals surface area contributed by atoms with Crippen molar-refractivity contribution in [2.24, 2.45) is 0 Å². The Kier molecular flexibility index (Phi) is 2.78. The Labute approximate surface area is 105 Å². The van der Waals surface area contributed by atoms with E-state index in [9.17, 15) is 9.18 Å². The highest BCUT2D eigenvalue weighted by molar-refractivity contribution is 5.98. The predicted octanol–water partition coefficient (Wildman–Crippen LogP) is 2.93. The van der Waals surface area contributed by atoms with Gasteiger partial charge in [0.1, 0.15) is 11.5 Å². The van der Waals surface area contributed by atoms with Crippen molar-refractivity contribution in [2.75, 3.05) is 13.1 Å². The summed E-state index contributed by atoms with van der Waals surface area (Å²) in [4.78, 5) is 17.1. The molecule has 1 fully saturated rings. The summed E-state index contributed by atoms with van der Waals surface area (Å²) in [6.07, 6.45) is 3.30. The third kappa shape index (κ3) is 1.88. The second-order valence-electron chi connectivity index (χ2n) is 4.74. The molecule has 0 unspecified atom stereocenters. The maximum atomic E-state index is 13.6. The number of amides is 1. The van der Waals surface area contributed by atoms with Crippen molar-refractivity contribution >= 4 is 16.8 Å². The number of hydrogen-bond donors (Lipinski definition) is 1. The molecule has 1 saturated heterocycles. The second kappa shape index (κ2) is 4.44. The van der Waals surface area contributed by atoms with E-state index in [1.165, 1.54) is 12.5 Å². The first-order chi connectivity index (χ1) is 8.75. The SMILES string of the molecule is O=C(c1cc2c(F)cccc2[nH]1)N1CCCCC1. The van der Waals surface area contributed by atoms with E-state index in [0.29, 0.717) is 16.6 Å². The summed E-state index contributed by atoms with van der Waals surface area (Å²) in [6, 6.07) is 6.45. The lowest BCUT2D eigenvalue weighted by Crippen LogP contribution is -2.35. The predicted molar refractivity (Wildman–Crippen MR) is 68.0 cm³/mol. The maximum absolute atomic E-state index is 13.6. The standard InChI is InChI=1S/C14H15FN2O/c15-11-5-4-6-12-10(11)9-13(16-12)14(18)17-7-2-1-3-8-17/h4-6,9,16H,1-3,7-8H2. The lowest BCUT2D eigenvalue weighted by Gasteiger charge is -2.26. The van der Waals surface area contributed by atoms with Crippen LogP contribution in [0.4, 0.5) is 4.39 Å². The van der Waals surface area contributed by atoms with Gasteiger partial charge in [-0.2, -0.15) is 0 Å². The number of fused-ring (bicyclic) bond motifs is 1. The molecule has 0 atom stereocenters. The first kappa shape index (κ1) is 11.3. The molecule has 94 valence electrons. The van der Waals surface area contributed by atoms with E-state index in [1.54, 1.807) is 18.2 Å². The molecule has 2 aromatic rings. The number of aromatic nitrogens is 1. The number of likely N-dealkylation sites (tertiary alicyclic amines) is 1. The molecule has 1 aromatic heterocycles. The Bertz CT molecular complexity index is 584. The van der Waals surface area contributed by atoms with Gasteiger partial charge in [0, 0.05) is 24.0 Å². The van der Waals surface area contributed by atoms with Gasteiger partial charge in [-0.1, -0.05) is 6.07 Å². The summed E-state index contributed by atoms with van der Waals surface area (Å²) in [6.45, 7) is 1.60. The van der Waals surface area contributed by atoms with Crippen molar-refractivity contribution in [1.82, 2.24) is 9.88 Å². The van der Waals surface area contributed by atoms with E-state index >= 15 is 0 Å². The minimum Gasteiger partial charge on any atom is -0.350 e. The Morgan fingerprint density at radius 3 is 2.72 bits per heavy atom. The number of H-pyrrole nitrogens is 1. The van der Waals surface area contributed by atoms with E-state index < -0.39 is 0 Å². The number of nitrogens with zero attached hydrogens (tertiary/aromatic N) is 1. The number of halogens is 1. The van der Waals surface area contributed by atoms with Gasteiger partial charge in [-0.05, 0) is 37.5 Å². The Morgan fingerprint density at radius 1 is 1.22 bits per heavy atom. The topological polar surface area (TPSA) is 36.1 Å². The van der Waals surface area contributed by atoms with Crippen molar-refractivity contribution < 1.29 is 9.18 Å². The summed E-state index contributed by atoms with van der Waals surface area (Å²) in [5.41, 5.74) is 1.16. The largest absolute Gasteiger partial charge is 0.350 e. The van der Waals surface area contributed by atoms with Crippen molar-refractivity contribution in [1.29, 1.82) is 0 Å². The molecular weight excluding hydrogens is 231 g/mol. The first-order valence-electron chi connectivity index (χ1n) is 6.32. The zero-order valence-corrected chi connectivity index (χ0v) is 10.1. The van der Waals surface area contributed by atoms with Crippen LogP contribution in [-0.4, -0.2) is 28.9 Å². The monoisotopic (exact) mass is 246 g/mol. The van der Waals surface area contributed by atoms with Crippen LogP contribution >= 0.6 is 0 Å². The fourth-order valence-electron chi connectivity index (χ4n) is 2.50. The molecule has 1 aromatic carbocycles. The van der Waals surface area contributed by atoms with Crippen LogP contribution in [0.2, 0.25) is 0 Å². The van der Waals surface area contributed by atoms with Gasteiger partial charge in [-0.3, -0.25) is 4.79 Å². The molecule has 1 N–H and O–H groups in total. The number of aromatic amines is 1. The number of benzene rings is 1. The summed E-state index contributed by atoms with van der Waals surface area (Å²) in [7, 11) is 0. The minimum atomic E-state index is -0.290. The van der Waals surface area contributed by atoms with Crippen molar-refractivity contribution in [3.8, 4) is 0 Å². The smallest absolute Gasteiger partial charge is 0.270 e. The first-order valence-corrected chi connectivity index (χ1v) is 6.32. The van der Waals surface area contributed by atoms with Crippen LogP contribution in [0.1, 0.15) is 29.8 Å². The van der Waals surface area contributed by atoms with Gasteiger partial charge >= 0.3 is 0 Å². The molecule has 0 saturated carbocycles. The van der Waals surface area contributed by atoms with Gasteiger partial charge in [0.25, 0.3) is 5.91 Å². The molecule has 3 nitrogen and oxygen atoms in total. The number of carbonyl (C=O) groups excluding carboxylic acids is 1. The van der Waals surface area contributed by atoms with Gasteiger partial charge in [-0.25, -0.2) is 4.39 Å². The molecule has 0 aliphatic carbocycles. The Balaban J connectivity index is 1.94. The van der Waals surface area contributed by atoms with E-state index in [0.717, 1.165) is 25.9 Å². The lowest BCUT2D eigenvalue weighted by molar-refractivity contribution is 0.0719. The van der Waals surface area contributed by atoms with Gasteiger partial charge in [0.15, 0.2) is 0 Å². The third-order valence-corrected chi connectivity index (χ3v) is 3.48. The van der Waals surface area contributed by atoms with E-state index in [1.807, 2.05) is 4.90 Å². The molecular formula is C14H15FN2O. The summed E-state index contributed by atoms with van der Waals surface area (Å²) < 4.78 is 13.6. The average Bonchev–Trinajstić information content (AvgIpc) is 2.84. The van der Waals surface area contributed by atoms with Crippen molar-refractivity contribution in [3.05, 3.63) is 35.8 Å². The number of rotatable bonds is 1. The number of carbonyl (C=O) groups is 1. The van der Waals surface area contributed by atoms with E-state index in [-0.39, 0.29) is 11.7 Å². The fourth-order valence-corrected chi connectivity index (χ4v) is 2.50. The molecule has 2 heterocycles. The molecule has 3 rings (SSSR count). The van der Waals surface area contributed by atoms with Crippen molar-refractivity contribution in [2.45, 2.75) is 19.3 Å². The van der Waals surface area contributed by atoms with Crippen molar-refractivity contribution in [3.63, 3.8) is 0 Å². The molecule has 1 amide bonds. The van der Waals surface area contributed by atoms with Gasteiger partial charge in [0.05, 0.1) is 0 Å². The van der Waals surface area contributed by atoms with Crippen LogP contribution in [-0.2, 0) is 0 Å². The van der Waals surface area contributed by atoms with Gasteiger partial charge in [-0.15, -0.1) is 0 Å². The quantitative estimate of drug-likeness (QED) is 0.825. The van der Waals surface area contributed by atoms with Crippen LogP contribution in [0, 0.1) is 5.82 Å². The van der Waals surface area contributed by atoms with E-state index in [2.05, 4.69) is 4.98 Å². The molecule has 4 heteroatoms. The zero-order chi connectivity index (χ0) is 12.5. The highest BCUT2D eigenvalue weighted by atomic mass is 19.1. The van der Waals surface area contributed by atoms with E-state index in [4.69, 9.17) is 0 Å². The maximum Gasteiger partial charge on any atom is 0.270 e. The molecule has 18 heavy (non-hydrogen) atoms. The van der Waals surface area contributed by atoms with Gasteiger partial charge in [0.2, 0.25) is 0 Å². The highest BCUT2D eigenvalue weighted by Crippen LogP contribution is 2.20. The Morgan fingerprint density at radius 2 is 2.00 bits per heavy atom. The normalized spacial score (nSPS) is 16.2. The highest BCUT2D eigenvalue weighted by Gasteiger charge is 2.20. The zero-order valence-electron chi connectivity index (χ0n) is 10.1. The summed E-state index contributed by atoms with van der Waals surface area (Å²) >= 11 is 0. The van der Waals surface area contributed by atoms with Gasteiger partial charge < -0.3 is 9.88 Å². The molecule has 0 bridgehead atoms. The van der Waals surface area contributed by atoms with Crippen LogP contribution in [0.5, 0.6) is 0 Å². The second-order valence-corrected chi connectivity index (χ2v) is 4.74. The number of hydrogen-bond acceptors (Lipinski definition) is 1. The molecule has 1 aliphatic rings. The number of nitrogens with one attached hydrogen (secondary N) is 1. The third-order valence-electron chi connectivity index (χ3n) is 3.48. The molecule has 1 aliphatic heterocycles.